The number of aryl methyl sites for hydroxylation is 1. The van der Waals surface area contributed by atoms with Crippen molar-refractivity contribution in [3.05, 3.63) is 35.5 Å². The largest absolute Gasteiger partial charge is 0.465 e. The standard InChI is InChI=1S/C21H28N6O3/c1-12-10-23-16(11-22-12)8-20(28)24-19-9-18(25-26-19)15-5-6-17(7-15)27(21(29)30)13(2)14-3-4-14/h9-11,13-15,17H,3-8H2,1-2H3,(H,29,30)(H2,24,25,26,28)/t13-,15-,17+/m0/s1. The summed E-state index contributed by atoms with van der Waals surface area (Å²) in [5.41, 5.74) is 2.34. The Labute approximate surface area is 175 Å². The third-order valence-corrected chi connectivity index (χ3v) is 6.24. The fourth-order valence-electron chi connectivity index (χ4n) is 4.43. The first kappa shape index (κ1) is 20.3. The van der Waals surface area contributed by atoms with E-state index in [1.165, 1.54) is 0 Å². The van der Waals surface area contributed by atoms with Gasteiger partial charge in [-0.15, -0.1) is 0 Å². The average molecular weight is 412 g/mol. The first-order chi connectivity index (χ1) is 14.4. The number of anilines is 1. The lowest BCUT2D eigenvalue weighted by Gasteiger charge is -2.32. The maximum absolute atomic E-state index is 12.3. The van der Waals surface area contributed by atoms with E-state index in [0.29, 0.717) is 17.4 Å². The molecule has 3 N–H and O–H groups in total. The van der Waals surface area contributed by atoms with Crippen LogP contribution in [0.2, 0.25) is 0 Å². The van der Waals surface area contributed by atoms with E-state index < -0.39 is 6.09 Å². The summed E-state index contributed by atoms with van der Waals surface area (Å²) in [5.74, 6) is 0.988. The summed E-state index contributed by atoms with van der Waals surface area (Å²) >= 11 is 0. The lowest BCUT2D eigenvalue weighted by molar-refractivity contribution is -0.115. The van der Waals surface area contributed by atoms with Crippen molar-refractivity contribution in [2.24, 2.45) is 5.92 Å². The molecule has 0 radical (unpaired) electrons. The van der Waals surface area contributed by atoms with Gasteiger partial charge >= 0.3 is 6.09 Å². The maximum Gasteiger partial charge on any atom is 0.407 e. The van der Waals surface area contributed by atoms with Gasteiger partial charge in [0, 0.05) is 42.2 Å². The molecule has 2 aliphatic rings. The molecular weight excluding hydrogens is 384 g/mol. The number of rotatable bonds is 7. The number of nitrogens with one attached hydrogen (secondary N) is 2. The third-order valence-electron chi connectivity index (χ3n) is 6.24. The molecule has 2 fully saturated rings. The van der Waals surface area contributed by atoms with E-state index in [4.69, 9.17) is 0 Å². The fraction of sp³-hybridized carbons (Fsp3) is 0.571. The lowest BCUT2D eigenvalue weighted by atomic mass is 10.0. The Morgan fingerprint density at radius 2 is 2.07 bits per heavy atom. The van der Waals surface area contributed by atoms with Crippen molar-refractivity contribution in [2.75, 3.05) is 5.32 Å². The third kappa shape index (κ3) is 4.60. The molecule has 30 heavy (non-hydrogen) atoms. The van der Waals surface area contributed by atoms with Crippen LogP contribution in [-0.2, 0) is 11.2 Å². The molecule has 0 aliphatic heterocycles. The quantitative estimate of drug-likeness (QED) is 0.642. The topological polar surface area (TPSA) is 124 Å². The van der Waals surface area contributed by atoms with Crippen LogP contribution in [0.1, 0.15) is 62.0 Å². The number of carbonyl (C=O) groups excluding carboxylic acids is 1. The number of nitrogens with zero attached hydrogens (tertiary/aromatic N) is 4. The minimum absolute atomic E-state index is 0.0320. The van der Waals surface area contributed by atoms with Gasteiger partial charge in [-0.2, -0.15) is 5.10 Å². The highest BCUT2D eigenvalue weighted by Gasteiger charge is 2.41. The predicted molar refractivity (Wildman–Crippen MR) is 110 cm³/mol. The molecule has 9 heteroatoms. The number of amides is 2. The molecule has 3 atom stereocenters. The predicted octanol–water partition coefficient (Wildman–Crippen LogP) is 3.10. The molecule has 0 bridgehead atoms. The first-order valence-electron chi connectivity index (χ1n) is 10.5. The van der Waals surface area contributed by atoms with Crippen LogP contribution in [0.5, 0.6) is 0 Å². The van der Waals surface area contributed by atoms with E-state index in [-0.39, 0.29) is 30.3 Å². The molecule has 2 amide bonds. The van der Waals surface area contributed by atoms with E-state index in [9.17, 15) is 14.7 Å². The summed E-state index contributed by atoms with van der Waals surface area (Å²) in [4.78, 5) is 34.1. The Balaban J connectivity index is 1.34. The summed E-state index contributed by atoms with van der Waals surface area (Å²) in [6.45, 7) is 3.87. The Morgan fingerprint density at radius 1 is 1.27 bits per heavy atom. The van der Waals surface area contributed by atoms with Gasteiger partial charge in [0.25, 0.3) is 0 Å². The van der Waals surface area contributed by atoms with Gasteiger partial charge in [-0.3, -0.25) is 19.9 Å². The van der Waals surface area contributed by atoms with E-state index in [2.05, 4.69) is 25.5 Å². The van der Waals surface area contributed by atoms with Crippen LogP contribution in [0.15, 0.2) is 18.5 Å². The van der Waals surface area contributed by atoms with Gasteiger partial charge in [0.1, 0.15) is 0 Å². The number of H-pyrrole nitrogens is 1. The van der Waals surface area contributed by atoms with Gasteiger partial charge in [-0.1, -0.05) is 0 Å². The molecule has 0 spiro atoms. The first-order valence-corrected chi connectivity index (χ1v) is 10.5. The zero-order chi connectivity index (χ0) is 21.3. The van der Waals surface area contributed by atoms with Gasteiger partial charge in [0.15, 0.2) is 5.82 Å². The van der Waals surface area contributed by atoms with E-state index >= 15 is 0 Å². The molecule has 2 saturated carbocycles. The monoisotopic (exact) mass is 412 g/mol. The van der Waals surface area contributed by atoms with E-state index in [0.717, 1.165) is 43.5 Å². The normalized spacial score (nSPS) is 21.9. The fourth-order valence-corrected chi connectivity index (χ4v) is 4.43. The van der Waals surface area contributed by atoms with Crippen molar-refractivity contribution in [3.8, 4) is 0 Å². The molecule has 2 aromatic rings. The molecule has 0 aromatic carbocycles. The minimum atomic E-state index is -0.822. The molecule has 160 valence electrons. The number of hydrogen-bond donors (Lipinski definition) is 3. The summed E-state index contributed by atoms with van der Waals surface area (Å²) in [6, 6.07) is 1.96. The molecule has 2 heterocycles. The molecule has 0 saturated heterocycles. The van der Waals surface area contributed by atoms with Crippen LogP contribution in [0.4, 0.5) is 10.6 Å². The van der Waals surface area contributed by atoms with Crippen molar-refractivity contribution < 1.29 is 14.7 Å². The summed E-state index contributed by atoms with van der Waals surface area (Å²) in [6.07, 6.45) is 7.32. The Hall–Kier alpha value is -2.97. The van der Waals surface area contributed by atoms with Crippen LogP contribution >= 0.6 is 0 Å². The second-order valence-electron chi connectivity index (χ2n) is 8.51. The smallest absolute Gasteiger partial charge is 0.407 e. The highest BCUT2D eigenvalue weighted by molar-refractivity contribution is 5.91. The minimum Gasteiger partial charge on any atom is -0.465 e. The second kappa shape index (κ2) is 8.41. The number of hydrogen-bond acceptors (Lipinski definition) is 5. The Bertz CT molecular complexity index is 908. The summed E-state index contributed by atoms with van der Waals surface area (Å²) in [5, 5.41) is 19.7. The zero-order valence-corrected chi connectivity index (χ0v) is 17.3. The Morgan fingerprint density at radius 3 is 2.73 bits per heavy atom. The van der Waals surface area contributed by atoms with Gasteiger partial charge < -0.3 is 15.3 Å². The van der Waals surface area contributed by atoms with Crippen molar-refractivity contribution in [2.45, 2.75) is 70.4 Å². The molecule has 4 rings (SSSR count). The number of carbonyl (C=O) groups is 2. The number of aromatic nitrogens is 4. The van der Waals surface area contributed by atoms with E-state index in [1.807, 2.05) is 19.9 Å². The van der Waals surface area contributed by atoms with Crippen LogP contribution in [-0.4, -0.2) is 54.3 Å². The van der Waals surface area contributed by atoms with Crippen LogP contribution in [0, 0.1) is 12.8 Å². The molecule has 2 aliphatic carbocycles. The van der Waals surface area contributed by atoms with Gasteiger partial charge in [0.05, 0.1) is 17.8 Å². The average Bonchev–Trinajstić information content (AvgIpc) is 3.27. The molecule has 0 unspecified atom stereocenters. The number of carboxylic acid groups (broad SMARTS) is 1. The molecule has 9 nitrogen and oxygen atoms in total. The van der Waals surface area contributed by atoms with E-state index in [1.54, 1.807) is 17.3 Å². The SMILES string of the molecule is Cc1cnc(CC(=O)Nc2cc([C@H]3CC[C@@H](N(C(=O)O)[C@@H](C)C4CC4)C3)[nH]n2)cn1. The maximum atomic E-state index is 12.3. The van der Waals surface area contributed by atoms with Gasteiger partial charge in [-0.25, -0.2) is 4.79 Å². The van der Waals surface area contributed by atoms with Crippen molar-refractivity contribution >= 4 is 17.8 Å². The molecule has 2 aromatic heterocycles. The second-order valence-corrected chi connectivity index (χ2v) is 8.51. The van der Waals surface area contributed by atoms with Gasteiger partial charge in [0.2, 0.25) is 5.91 Å². The highest BCUT2D eigenvalue weighted by Crippen LogP contribution is 2.41. The molecular formula is C21H28N6O3. The lowest BCUT2D eigenvalue weighted by Crippen LogP contribution is -2.45. The van der Waals surface area contributed by atoms with Crippen molar-refractivity contribution in [1.82, 2.24) is 25.1 Å². The van der Waals surface area contributed by atoms with Crippen molar-refractivity contribution in [3.63, 3.8) is 0 Å². The van der Waals surface area contributed by atoms with Crippen LogP contribution in [0.25, 0.3) is 0 Å². The Kier molecular flexibility index (Phi) is 5.69. The zero-order valence-electron chi connectivity index (χ0n) is 17.3. The van der Waals surface area contributed by atoms with Gasteiger partial charge in [-0.05, 0) is 51.9 Å². The van der Waals surface area contributed by atoms with Crippen LogP contribution in [0.3, 0.4) is 0 Å². The van der Waals surface area contributed by atoms with Crippen molar-refractivity contribution in [1.29, 1.82) is 0 Å². The summed E-state index contributed by atoms with van der Waals surface area (Å²) in [7, 11) is 0. The number of aromatic amines is 1. The summed E-state index contributed by atoms with van der Waals surface area (Å²) < 4.78 is 0. The van der Waals surface area contributed by atoms with Crippen LogP contribution < -0.4 is 5.32 Å². The highest BCUT2D eigenvalue weighted by atomic mass is 16.4.